The van der Waals surface area contributed by atoms with Crippen LogP contribution in [0.2, 0.25) is 0 Å². The Hall–Kier alpha value is -2.17. The molecule has 1 heterocycles. The number of aliphatic hydroxyl groups excluding tert-OH is 1. The molecule has 0 saturated carbocycles. The van der Waals surface area contributed by atoms with Crippen LogP contribution in [0.25, 0.3) is 0 Å². The topological polar surface area (TPSA) is 52.6 Å². The number of carbonyl (C=O) groups excluding carboxylic acids is 1. The third-order valence-corrected chi connectivity index (χ3v) is 5.58. The molecule has 1 saturated heterocycles. The highest BCUT2D eigenvalue weighted by Crippen LogP contribution is 2.33. The van der Waals surface area contributed by atoms with E-state index in [0.717, 1.165) is 11.1 Å². The number of hydrogen-bond donors (Lipinski definition) is 2. The quantitative estimate of drug-likeness (QED) is 0.902. The summed E-state index contributed by atoms with van der Waals surface area (Å²) in [6.45, 7) is 2.74. The summed E-state index contributed by atoms with van der Waals surface area (Å²) in [6, 6.07) is 18.3. The van der Waals surface area contributed by atoms with Crippen molar-refractivity contribution in [2.24, 2.45) is 0 Å². The first-order valence-corrected chi connectivity index (χ1v) is 8.99. The number of rotatable bonds is 4. The van der Waals surface area contributed by atoms with Gasteiger partial charge in [0.15, 0.2) is 0 Å². The number of hydrogen-bond acceptors (Lipinski definition) is 3. The van der Waals surface area contributed by atoms with Crippen molar-refractivity contribution in [3.8, 4) is 0 Å². The molecule has 2 aromatic rings. The van der Waals surface area contributed by atoms with Gasteiger partial charge in [0.25, 0.3) is 0 Å². The lowest BCUT2D eigenvalue weighted by atomic mass is 10.0. The maximum absolute atomic E-state index is 12.5. The van der Waals surface area contributed by atoms with E-state index in [2.05, 4.69) is 36.5 Å². The van der Waals surface area contributed by atoms with Crippen molar-refractivity contribution < 1.29 is 9.90 Å². The molecule has 0 bridgehead atoms. The lowest BCUT2D eigenvalue weighted by Gasteiger charge is -2.28. The van der Waals surface area contributed by atoms with Crippen LogP contribution in [0.5, 0.6) is 0 Å². The van der Waals surface area contributed by atoms with E-state index in [9.17, 15) is 9.90 Å². The molecule has 0 radical (unpaired) electrons. The van der Waals surface area contributed by atoms with E-state index in [4.69, 9.17) is 0 Å². The van der Waals surface area contributed by atoms with Crippen molar-refractivity contribution in [2.45, 2.75) is 50.5 Å². The minimum absolute atomic E-state index is 0.0574. The molecule has 130 valence electrons. The normalized spacial score (nSPS) is 28.4. The number of likely N-dealkylation sites (tertiary alicyclic amines) is 1. The van der Waals surface area contributed by atoms with Gasteiger partial charge in [-0.05, 0) is 23.6 Å². The van der Waals surface area contributed by atoms with Gasteiger partial charge in [-0.15, -0.1) is 0 Å². The molecule has 25 heavy (non-hydrogen) atoms. The molecule has 0 spiro atoms. The van der Waals surface area contributed by atoms with Gasteiger partial charge in [0.05, 0.1) is 12.1 Å². The highest BCUT2D eigenvalue weighted by molar-refractivity contribution is 5.80. The van der Waals surface area contributed by atoms with Gasteiger partial charge in [0, 0.05) is 31.5 Å². The highest BCUT2D eigenvalue weighted by Gasteiger charge is 2.40. The Morgan fingerprint density at radius 2 is 1.80 bits per heavy atom. The van der Waals surface area contributed by atoms with E-state index in [-0.39, 0.29) is 24.0 Å². The van der Waals surface area contributed by atoms with Crippen molar-refractivity contribution in [3.05, 3.63) is 71.3 Å². The lowest BCUT2D eigenvalue weighted by Crippen LogP contribution is -2.44. The number of aliphatic hydroxyl groups is 1. The van der Waals surface area contributed by atoms with Gasteiger partial charge in [0.2, 0.25) is 5.91 Å². The minimum Gasteiger partial charge on any atom is -0.391 e. The van der Waals surface area contributed by atoms with Crippen molar-refractivity contribution in [1.82, 2.24) is 10.2 Å². The maximum atomic E-state index is 12.5. The number of carbonyl (C=O) groups is 1. The highest BCUT2D eigenvalue weighted by atomic mass is 16.3. The Balaban J connectivity index is 1.48. The van der Waals surface area contributed by atoms with Crippen LogP contribution in [0.3, 0.4) is 0 Å². The average Bonchev–Trinajstić information content (AvgIpc) is 3.07. The van der Waals surface area contributed by atoms with Crippen LogP contribution in [-0.2, 0) is 17.8 Å². The Morgan fingerprint density at radius 3 is 2.60 bits per heavy atom. The number of nitrogens with zero attached hydrogens (tertiary/aromatic N) is 1. The van der Waals surface area contributed by atoms with Gasteiger partial charge in [-0.2, -0.15) is 0 Å². The first kappa shape index (κ1) is 16.3. The molecule has 0 aromatic heterocycles. The van der Waals surface area contributed by atoms with E-state index < -0.39 is 6.10 Å². The first-order chi connectivity index (χ1) is 12.1. The van der Waals surface area contributed by atoms with Crippen molar-refractivity contribution in [1.29, 1.82) is 0 Å². The molecule has 4 nitrogen and oxygen atoms in total. The zero-order valence-corrected chi connectivity index (χ0v) is 14.4. The summed E-state index contributed by atoms with van der Waals surface area (Å²) >= 11 is 0. The van der Waals surface area contributed by atoms with E-state index in [0.29, 0.717) is 19.4 Å². The van der Waals surface area contributed by atoms with Crippen LogP contribution in [0.4, 0.5) is 0 Å². The van der Waals surface area contributed by atoms with Crippen molar-refractivity contribution in [3.63, 3.8) is 0 Å². The third kappa shape index (κ3) is 3.08. The second-order valence-corrected chi connectivity index (χ2v) is 7.17. The third-order valence-electron chi connectivity index (χ3n) is 5.58. The van der Waals surface area contributed by atoms with Gasteiger partial charge >= 0.3 is 0 Å². The molecule has 1 fully saturated rings. The summed E-state index contributed by atoms with van der Waals surface area (Å²) in [6.07, 6.45) is 0.735. The molecule has 2 aliphatic rings. The molecule has 1 amide bonds. The monoisotopic (exact) mass is 336 g/mol. The van der Waals surface area contributed by atoms with Gasteiger partial charge in [-0.1, -0.05) is 54.6 Å². The van der Waals surface area contributed by atoms with Crippen LogP contribution in [0.1, 0.15) is 36.1 Å². The molecule has 2 aromatic carbocycles. The van der Waals surface area contributed by atoms with Gasteiger partial charge in [-0.25, -0.2) is 0 Å². The van der Waals surface area contributed by atoms with Gasteiger partial charge < -0.3 is 15.3 Å². The Labute approximate surface area is 148 Å². The average molecular weight is 336 g/mol. The fourth-order valence-electron chi connectivity index (χ4n) is 4.14. The number of benzene rings is 2. The summed E-state index contributed by atoms with van der Waals surface area (Å²) in [7, 11) is 0. The molecule has 4 rings (SSSR count). The summed E-state index contributed by atoms with van der Waals surface area (Å²) in [5.41, 5.74) is 3.51. The molecule has 4 atom stereocenters. The molecule has 1 aliphatic carbocycles. The Morgan fingerprint density at radius 1 is 1.08 bits per heavy atom. The largest absolute Gasteiger partial charge is 0.391 e. The SMILES string of the molecule is CC1C(NC2c3ccccc3CC2O)CC(=O)N1Cc1ccccc1. The molecule has 2 N–H and O–H groups in total. The van der Waals surface area contributed by atoms with Gasteiger partial charge in [0.1, 0.15) is 0 Å². The standard InChI is InChI=1S/C21H24N2O2/c1-14-18(12-20(25)23(14)13-15-7-3-2-4-8-15)22-21-17-10-6-5-9-16(17)11-19(21)24/h2-10,14,18-19,21-22,24H,11-13H2,1H3. The predicted molar refractivity (Wildman–Crippen MR) is 96.9 cm³/mol. The Bertz CT molecular complexity index is 762. The van der Waals surface area contributed by atoms with E-state index in [1.54, 1.807) is 0 Å². The van der Waals surface area contributed by atoms with Crippen LogP contribution < -0.4 is 5.32 Å². The minimum atomic E-state index is -0.428. The lowest BCUT2D eigenvalue weighted by molar-refractivity contribution is -0.129. The van der Waals surface area contributed by atoms with Gasteiger partial charge in [-0.3, -0.25) is 4.79 Å². The zero-order valence-electron chi connectivity index (χ0n) is 14.4. The number of nitrogens with one attached hydrogen (secondary N) is 1. The molecular formula is C21H24N2O2. The summed E-state index contributed by atoms with van der Waals surface area (Å²) in [5, 5.41) is 14.0. The van der Waals surface area contributed by atoms with E-state index in [1.807, 2.05) is 35.2 Å². The Kier molecular flexibility index (Phi) is 4.32. The molecular weight excluding hydrogens is 312 g/mol. The van der Waals surface area contributed by atoms with E-state index in [1.165, 1.54) is 5.56 Å². The summed E-state index contributed by atoms with van der Waals surface area (Å²) in [5.74, 6) is 0.176. The second-order valence-electron chi connectivity index (χ2n) is 7.17. The number of fused-ring (bicyclic) bond motifs is 1. The molecule has 4 heteroatoms. The van der Waals surface area contributed by atoms with Crippen molar-refractivity contribution in [2.75, 3.05) is 0 Å². The van der Waals surface area contributed by atoms with Crippen LogP contribution in [0.15, 0.2) is 54.6 Å². The fraction of sp³-hybridized carbons (Fsp3) is 0.381. The summed E-state index contributed by atoms with van der Waals surface area (Å²) in [4.78, 5) is 14.5. The summed E-state index contributed by atoms with van der Waals surface area (Å²) < 4.78 is 0. The fourth-order valence-corrected chi connectivity index (χ4v) is 4.14. The van der Waals surface area contributed by atoms with Crippen molar-refractivity contribution >= 4 is 5.91 Å². The molecule has 1 aliphatic heterocycles. The zero-order chi connectivity index (χ0) is 17.4. The maximum Gasteiger partial charge on any atom is 0.224 e. The smallest absolute Gasteiger partial charge is 0.224 e. The predicted octanol–water partition coefficient (Wildman–Crippen LogP) is 2.42. The van der Waals surface area contributed by atoms with E-state index >= 15 is 0 Å². The second kappa shape index (κ2) is 6.62. The first-order valence-electron chi connectivity index (χ1n) is 8.99. The number of amides is 1. The van der Waals surface area contributed by atoms with Crippen LogP contribution >= 0.6 is 0 Å². The van der Waals surface area contributed by atoms with Crippen LogP contribution in [0, 0.1) is 0 Å². The van der Waals surface area contributed by atoms with Crippen LogP contribution in [-0.4, -0.2) is 34.1 Å². The molecule has 4 unspecified atom stereocenters.